The Hall–Kier alpha value is -6.00. The van der Waals surface area contributed by atoms with Gasteiger partial charge in [0.05, 0.1) is 7.11 Å². The molecular weight excluding hydrogens is 639 g/mol. The highest BCUT2D eigenvalue weighted by molar-refractivity contribution is 8.00. The Morgan fingerprint density at radius 3 is 2.20 bits per heavy atom. The van der Waals surface area contributed by atoms with Gasteiger partial charge in [-0.1, -0.05) is 72.8 Å². The molecule has 246 valence electrons. The summed E-state index contributed by atoms with van der Waals surface area (Å²) in [4.78, 5) is 41.3. The highest BCUT2D eigenvalue weighted by Crippen LogP contribution is 2.38. The molecule has 3 N–H and O–H groups in total. The molecule has 6 rings (SSSR count). The van der Waals surface area contributed by atoms with E-state index in [1.165, 1.54) is 18.9 Å². The number of amides is 3. The summed E-state index contributed by atoms with van der Waals surface area (Å²) in [5, 5.41) is 8.06. The Kier molecular flexibility index (Phi) is 10.6. The number of thioether (sulfide) groups is 1. The molecule has 1 heterocycles. The number of carbonyl (C=O) groups excluding carboxylic acids is 3. The summed E-state index contributed by atoms with van der Waals surface area (Å²) in [6, 6.07) is 37.8. The van der Waals surface area contributed by atoms with E-state index in [9.17, 15) is 14.4 Å². The van der Waals surface area contributed by atoms with E-state index >= 15 is 0 Å². The molecule has 0 spiro atoms. The molecule has 1 unspecified atom stereocenters. The van der Waals surface area contributed by atoms with Crippen LogP contribution in [-0.4, -0.2) is 38.0 Å². The van der Waals surface area contributed by atoms with Crippen molar-refractivity contribution in [3.8, 4) is 17.2 Å². The highest BCUT2D eigenvalue weighted by Gasteiger charge is 2.24. The van der Waals surface area contributed by atoms with E-state index in [1.807, 2.05) is 54.6 Å². The summed E-state index contributed by atoms with van der Waals surface area (Å²) in [5.74, 6) is 0.562. The molecule has 0 aliphatic carbocycles. The third kappa shape index (κ3) is 8.48. The van der Waals surface area contributed by atoms with Gasteiger partial charge in [0.15, 0.2) is 11.5 Å². The molecule has 0 saturated heterocycles. The number of hydrogen-bond acceptors (Lipinski definition) is 7. The lowest BCUT2D eigenvalue weighted by atomic mass is 10.1. The lowest BCUT2D eigenvalue weighted by molar-refractivity contribution is -0.116. The summed E-state index contributed by atoms with van der Waals surface area (Å²) in [6.07, 6.45) is 1.57. The number of carbonyl (C=O) groups is 3. The van der Waals surface area contributed by atoms with Gasteiger partial charge in [-0.2, -0.15) is 0 Å². The van der Waals surface area contributed by atoms with Crippen molar-refractivity contribution in [3.05, 3.63) is 150 Å². The number of hydrogen-bond donors (Lipinski definition) is 3. The van der Waals surface area contributed by atoms with E-state index in [-0.39, 0.29) is 11.6 Å². The van der Waals surface area contributed by atoms with Gasteiger partial charge in [-0.25, -0.2) is 0 Å². The molecule has 3 amide bonds. The van der Waals surface area contributed by atoms with Crippen LogP contribution in [0.1, 0.15) is 26.7 Å². The van der Waals surface area contributed by atoms with Crippen LogP contribution in [0, 0.1) is 0 Å². The minimum atomic E-state index is -0.619. The van der Waals surface area contributed by atoms with Crippen LogP contribution in [0.4, 0.5) is 11.4 Å². The van der Waals surface area contributed by atoms with Gasteiger partial charge >= 0.3 is 0 Å². The van der Waals surface area contributed by atoms with Crippen molar-refractivity contribution in [1.29, 1.82) is 0 Å². The molecule has 1 aliphatic heterocycles. The SMILES string of the molecule is COc1ccccc1/C=C(/NC(=O)c1ccccc1)C(=O)Nc1cccc(SC(C(=O)Nc2ccc3c(c2)OCCO3)c2ccccc2)c1. The van der Waals surface area contributed by atoms with Crippen LogP contribution < -0.4 is 30.2 Å². The lowest BCUT2D eigenvalue weighted by Gasteiger charge is -2.20. The fourth-order valence-corrected chi connectivity index (χ4v) is 6.18. The number of anilines is 2. The van der Waals surface area contributed by atoms with Crippen LogP contribution in [0.2, 0.25) is 0 Å². The number of methoxy groups -OCH3 is 1. The first kappa shape index (κ1) is 32.9. The Bertz CT molecular complexity index is 1980. The van der Waals surface area contributed by atoms with Gasteiger partial charge < -0.3 is 30.2 Å². The number of nitrogens with one attached hydrogen (secondary N) is 3. The van der Waals surface area contributed by atoms with Crippen LogP contribution in [-0.2, 0) is 9.59 Å². The smallest absolute Gasteiger partial charge is 0.272 e. The second kappa shape index (κ2) is 15.7. The minimum absolute atomic E-state index is 0.0254. The van der Waals surface area contributed by atoms with Crippen molar-refractivity contribution in [2.24, 2.45) is 0 Å². The Morgan fingerprint density at radius 2 is 1.43 bits per heavy atom. The van der Waals surface area contributed by atoms with E-state index in [0.717, 1.165) is 10.5 Å². The molecular formula is C39H33N3O6S. The maximum absolute atomic E-state index is 13.8. The van der Waals surface area contributed by atoms with E-state index in [2.05, 4.69) is 16.0 Å². The fraction of sp³-hybridized carbons (Fsp3) is 0.103. The molecule has 49 heavy (non-hydrogen) atoms. The minimum Gasteiger partial charge on any atom is -0.496 e. The molecule has 0 aromatic heterocycles. The zero-order chi connectivity index (χ0) is 34.0. The van der Waals surface area contributed by atoms with Gasteiger partial charge in [0, 0.05) is 33.5 Å². The predicted molar refractivity (Wildman–Crippen MR) is 191 cm³/mol. The molecule has 0 bridgehead atoms. The van der Waals surface area contributed by atoms with Crippen molar-refractivity contribution in [1.82, 2.24) is 5.32 Å². The normalized spacial score (nSPS) is 12.7. The third-order valence-electron chi connectivity index (χ3n) is 7.46. The van der Waals surface area contributed by atoms with E-state index in [1.54, 1.807) is 78.9 Å². The maximum atomic E-state index is 13.8. The molecule has 0 saturated carbocycles. The molecule has 5 aromatic rings. The van der Waals surface area contributed by atoms with Crippen molar-refractivity contribution in [2.75, 3.05) is 31.0 Å². The first-order valence-electron chi connectivity index (χ1n) is 15.5. The van der Waals surface area contributed by atoms with Crippen molar-refractivity contribution in [3.63, 3.8) is 0 Å². The predicted octanol–water partition coefficient (Wildman–Crippen LogP) is 7.35. The molecule has 1 aliphatic rings. The second-order valence-electron chi connectivity index (χ2n) is 10.9. The molecule has 10 heteroatoms. The molecule has 0 fully saturated rings. The first-order chi connectivity index (χ1) is 24.0. The summed E-state index contributed by atoms with van der Waals surface area (Å²) in [5.41, 5.74) is 2.92. The number of fused-ring (bicyclic) bond motifs is 1. The quantitative estimate of drug-likeness (QED) is 0.0994. The van der Waals surface area contributed by atoms with Gasteiger partial charge in [-0.3, -0.25) is 14.4 Å². The first-order valence-corrected chi connectivity index (χ1v) is 16.4. The van der Waals surface area contributed by atoms with E-state index < -0.39 is 17.1 Å². The van der Waals surface area contributed by atoms with Gasteiger partial charge in [0.1, 0.15) is 29.9 Å². The number of benzene rings is 5. The fourth-order valence-electron chi connectivity index (χ4n) is 5.09. The van der Waals surface area contributed by atoms with Crippen LogP contribution >= 0.6 is 11.8 Å². The van der Waals surface area contributed by atoms with Gasteiger partial charge in [0.2, 0.25) is 5.91 Å². The van der Waals surface area contributed by atoms with Gasteiger partial charge in [-0.15, -0.1) is 11.8 Å². The highest BCUT2D eigenvalue weighted by atomic mass is 32.2. The summed E-state index contributed by atoms with van der Waals surface area (Å²) >= 11 is 1.34. The number of para-hydroxylation sites is 1. The standard InChI is InChI=1S/C39H33N3O6S/c1-46-33-18-9-8-15-28(33)23-32(42-37(43)27-13-6-3-7-14-27)38(44)40-29-16-10-17-31(24-29)49-36(26-11-4-2-5-12-26)39(45)41-30-19-20-34-35(25-30)48-22-21-47-34/h2-20,23-25,36H,21-22H2,1H3,(H,40,44)(H,41,45)(H,42,43)/b32-23+. The third-order valence-corrected chi connectivity index (χ3v) is 8.71. The average Bonchev–Trinajstić information content (AvgIpc) is 3.14. The zero-order valence-corrected chi connectivity index (χ0v) is 27.4. The average molecular weight is 672 g/mol. The van der Waals surface area contributed by atoms with Gasteiger partial charge in [0.25, 0.3) is 11.8 Å². The topological polar surface area (TPSA) is 115 Å². The van der Waals surface area contributed by atoms with Crippen LogP contribution in [0.25, 0.3) is 6.08 Å². The largest absolute Gasteiger partial charge is 0.496 e. The summed E-state index contributed by atoms with van der Waals surface area (Å²) < 4.78 is 16.8. The molecule has 9 nitrogen and oxygen atoms in total. The van der Waals surface area contributed by atoms with Crippen molar-refractivity contribution < 1.29 is 28.6 Å². The lowest BCUT2D eigenvalue weighted by Crippen LogP contribution is -2.30. The van der Waals surface area contributed by atoms with Crippen molar-refractivity contribution >= 4 is 46.9 Å². The van der Waals surface area contributed by atoms with E-state index in [0.29, 0.717) is 53.0 Å². The number of ether oxygens (including phenoxy) is 3. The Morgan fingerprint density at radius 1 is 0.735 bits per heavy atom. The van der Waals surface area contributed by atoms with Crippen molar-refractivity contribution in [2.45, 2.75) is 10.1 Å². The van der Waals surface area contributed by atoms with Crippen LogP contribution in [0.15, 0.2) is 138 Å². The molecule has 1 atom stereocenters. The van der Waals surface area contributed by atoms with E-state index in [4.69, 9.17) is 14.2 Å². The Balaban J connectivity index is 1.23. The summed E-state index contributed by atoms with van der Waals surface area (Å²) in [6.45, 7) is 0.920. The van der Waals surface area contributed by atoms with Crippen LogP contribution in [0.3, 0.4) is 0 Å². The summed E-state index contributed by atoms with van der Waals surface area (Å²) in [7, 11) is 1.54. The molecule has 5 aromatic carbocycles. The zero-order valence-electron chi connectivity index (χ0n) is 26.6. The Labute approximate surface area is 288 Å². The van der Waals surface area contributed by atoms with Gasteiger partial charge in [-0.05, 0) is 60.2 Å². The van der Waals surface area contributed by atoms with Crippen LogP contribution in [0.5, 0.6) is 17.2 Å². The monoisotopic (exact) mass is 671 g/mol. The number of rotatable bonds is 11. The second-order valence-corrected chi connectivity index (χ2v) is 12.0. The molecule has 0 radical (unpaired) electrons. The maximum Gasteiger partial charge on any atom is 0.272 e.